The van der Waals surface area contributed by atoms with Gasteiger partial charge in [-0.25, -0.2) is 0 Å². The van der Waals surface area contributed by atoms with Gasteiger partial charge in [0.15, 0.2) is 5.17 Å². The average molecular weight is 363 g/mol. The van der Waals surface area contributed by atoms with E-state index in [0.717, 1.165) is 23.5 Å². The van der Waals surface area contributed by atoms with E-state index >= 15 is 0 Å². The van der Waals surface area contributed by atoms with Crippen LogP contribution in [0.2, 0.25) is 0 Å². The zero-order valence-electron chi connectivity index (χ0n) is 12.3. The minimum absolute atomic E-state index is 0.0353. The Labute approximate surface area is 145 Å². The van der Waals surface area contributed by atoms with Crippen LogP contribution in [0.5, 0.6) is 0 Å². The molecule has 8 nitrogen and oxygen atoms in total. The van der Waals surface area contributed by atoms with Crippen molar-refractivity contribution in [1.29, 1.82) is 0 Å². The van der Waals surface area contributed by atoms with E-state index in [-0.39, 0.29) is 23.5 Å². The molecule has 1 atom stereocenters. The van der Waals surface area contributed by atoms with Crippen LogP contribution in [-0.2, 0) is 9.59 Å². The SMILES string of the molecule is O=C(C[C@H]1S/C(=N/N=C2/CSC(=O)N2)NC1=O)Nc1ccccc1. The molecule has 24 heavy (non-hydrogen) atoms. The highest BCUT2D eigenvalue weighted by Gasteiger charge is 2.32. The van der Waals surface area contributed by atoms with Crippen molar-refractivity contribution in [3.63, 3.8) is 0 Å². The molecule has 3 amide bonds. The lowest BCUT2D eigenvalue weighted by atomic mass is 10.2. The number of para-hydroxylation sites is 1. The summed E-state index contributed by atoms with van der Waals surface area (Å²) >= 11 is 2.24. The molecule has 0 bridgehead atoms. The second-order valence-electron chi connectivity index (χ2n) is 4.87. The molecule has 0 radical (unpaired) electrons. The van der Waals surface area contributed by atoms with Crippen molar-refractivity contribution >= 4 is 57.3 Å². The molecule has 10 heteroatoms. The predicted octanol–water partition coefficient (Wildman–Crippen LogP) is 1.37. The lowest BCUT2D eigenvalue weighted by Gasteiger charge is -2.06. The normalized spacial score (nSPS) is 23.4. The molecule has 0 saturated carbocycles. The van der Waals surface area contributed by atoms with Crippen LogP contribution >= 0.6 is 23.5 Å². The molecule has 3 N–H and O–H groups in total. The van der Waals surface area contributed by atoms with E-state index in [2.05, 4.69) is 26.2 Å². The van der Waals surface area contributed by atoms with Crippen molar-refractivity contribution in [1.82, 2.24) is 10.6 Å². The lowest BCUT2D eigenvalue weighted by molar-refractivity contribution is -0.122. The summed E-state index contributed by atoms with van der Waals surface area (Å²) in [5.41, 5.74) is 0.681. The molecule has 0 unspecified atom stereocenters. The largest absolute Gasteiger partial charge is 0.326 e. The van der Waals surface area contributed by atoms with Crippen LogP contribution in [0.1, 0.15) is 6.42 Å². The van der Waals surface area contributed by atoms with Crippen LogP contribution in [-0.4, -0.2) is 39.1 Å². The molecule has 0 spiro atoms. The third kappa shape index (κ3) is 4.36. The van der Waals surface area contributed by atoms with Gasteiger partial charge in [0.1, 0.15) is 11.1 Å². The average Bonchev–Trinajstić information content (AvgIpc) is 3.12. The lowest BCUT2D eigenvalue weighted by Crippen LogP contribution is -2.28. The predicted molar refractivity (Wildman–Crippen MR) is 95.1 cm³/mol. The molecule has 2 fully saturated rings. The third-order valence-corrected chi connectivity index (χ3v) is 4.91. The van der Waals surface area contributed by atoms with Crippen molar-refractivity contribution in [3.8, 4) is 0 Å². The van der Waals surface area contributed by atoms with Crippen molar-refractivity contribution in [2.24, 2.45) is 10.2 Å². The number of nitrogens with zero attached hydrogens (tertiary/aromatic N) is 2. The topological polar surface area (TPSA) is 112 Å². The van der Waals surface area contributed by atoms with Gasteiger partial charge >= 0.3 is 0 Å². The van der Waals surface area contributed by atoms with Gasteiger partial charge in [-0.15, -0.1) is 10.2 Å². The number of nitrogens with one attached hydrogen (secondary N) is 3. The number of anilines is 1. The number of benzene rings is 1. The first kappa shape index (κ1) is 16.5. The maximum absolute atomic E-state index is 12.0. The molecule has 0 aliphatic carbocycles. The van der Waals surface area contributed by atoms with Crippen molar-refractivity contribution in [2.45, 2.75) is 11.7 Å². The van der Waals surface area contributed by atoms with E-state index in [1.807, 2.05) is 18.2 Å². The Bertz CT molecular complexity index is 735. The third-order valence-electron chi connectivity index (χ3n) is 3.05. The second kappa shape index (κ2) is 7.49. The minimum Gasteiger partial charge on any atom is -0.326 e. The van der Waals surface area contributed by atoms with Gasteiger partial charge in [0.2, 0.25) is 11.8 Å². The van der Waals surface area contributed by atoms with Crippen molar-refractivity contribution < 1.29 is 14.4 Å². The van der Waals surface area contributed by atoms with Crippen LogP contribution in [0.3, 0.4) is 0 Å². The summed E-state index contributed by atoms with van der Waals surface area (Å²) in [6.45, 7) is 0. The fourth-order valence-electron chi connectivity index (χ4n) is 1.97. The van der Waals surface area contributed by atoms with E-state index in [1.54, 1.807) is 12.1 Å². The summed E-state index contributed by atoms with van der Waals surface area (Å²) < 4.78 is 0. The molecule has 1 aromatic carbocycles. The van der Waals surface area contributed by atoms with Gasteiger partial charge in [-0.05, 0) is 12.1 Å². The standard InChI is InChI=1S/C14H13N5O3S2/c20-11(15-8-4-2-1-3-5-8)6-9-12(21)17-13(24-9)19-18-10-7-23-14(22)16-10/h1-5,9H,6-7H2,(H,15,20)(H,16,18,22)(H,17,19,21)/t9-/m1/s1. The minimum atomic E-state index is -0.555. The van der Waals surface area contributed by atoms with E-state index in [9.17, 15) is 14.4 Å². The molecular formula is C14H13N5O3S2. The molecule has 2 aliphatic heterocycles. The Balaban J connectivity index is 1.55. The second-order valence-corrected chi connectivity index (χ2v) is 7.01. The number of amidine groups is 2. The van der Waals surface area contributed by atoms with Gasteiger partial charge in [0, 0.05) is 12.1 Å². The summed E-state index contributed by atoms with van der Waals surface area (Å²) in [5.74, 6) is 0.336. The fourth-order valence-corrected chi connectivity index (χ4v) is 3.48. The Hall–Kier alpha value is -2.33. The van der Waals surface area contributed by atoms with E-state index < -0.39 is 5.25 Å². The molecule has 124 valence electrons. The Morgan fingerprint density at radius 3 is 2.71 bits per heavy atom. The monoisotopic (exact) mass is 363 g/mol. The molecule has 2 saturated heterocycles. The van der Waals surface area contributed by atoms with Crippen LogP contribution in [0.25, 0.3) is 0 Å². The van der Waals surface area contributed by atoms with Crippen LogP contribution in [0.4, 0.5) is 10.5 Å². The van der Waals surface area contributed by atoms with Gasteiger partial charge < -0.3 is 16.0 Å². The van der Waals surface area contributed by atoms with E-state index in [0.29, 0.717) is 22.4 Å². The fraction of sp³-hybridized carbons (Fsp3) is 0.214. The Morgan fingerprint density at radius 2 is 2.00 bits per heavy atom. The van der Waals surface area contributed by atoms with Crippen LogP contribution in [0.15, 0.2) is 40.5 Å². The van der Waals surface area contributed by atoms with E-state index in [4.69, 9.17) is 0 Å². The van der Waals surface area contributed by atoms with Crippen LogP contribution in [0, 0.1) is 0 Å². The van der Waals surface area contributed by atoms with Crippen molar-refractivity contribution in [2.75, 3.05) is 11.1 Å². The van der Waals surface area contributed by atoms with E-state index in [1.165, 1.54) is 0 Å². The molecule has 1 aromatic rings. The highest BCUT2D eigenvalue weighted by atomic mass is 32.2. The van der Waals surface area contributed by atoms with Gasteiger partial charge in [-0.3, -0.25) is 14.4 Å². The maximum atomic E-state index is 12.0. The Kier molecular flexibility index (Phi) is 5.16. The van der Waals surface area contributed by atoms with Crippen molar-refractivity contribution in [3.05, 3.63) is 30.3 Å². The molecule has 0 aromatic heterocycles. The molecule has 3 rings (SSSR count). The molecule has 2 aliphatic rings. The summed E-state index contributed by atoms with van der Waals surface area (Å²) in [4.78, 5) is 34.9. The van der Waals surface area contributed by atoms with Gasteiger partial charge in [-0.1, -0.05) is 41.7 Å². The molecule has 2 heterocycles. The van der Waals surface area contributed by atoms with Crippen LogP contribution < -0.4 is 16.0 Å². The summed E-state index contributed by atoms with van der Waals surface area (Å²) in [7, 11) is 0. The summed E-state index contributed by atoms with van der Waals surface area (Å²) in [6, 6.07) is 9.03. The number of hydrogen-bond donors (Lipinski definition) is 3. The summed E-state index contributed by atoms with van der Waals surface area (Å²) in [5, 5.41) is 15.2. The highest BCUT2D eigenvalue weighted by molar-refractivity contribution is 8.15. The Morgan fingerprint density at radius 1 is 1.21 bits per heavy atom. The van der Waals surface area contributed by atoms with Gasteiger partial charge in [0.05, 0.1) is 5.75 Å². The highest BCUT2D eigenvalue weighted by Crippen LogP contribution is 2.23. The first-order valence-electron chi connectivity index (χ1n) is 7.01. The number of rotatable bonds is 4. The number of amides is 3. The van der Waals surface area contributed by atoms with Gasteiger partial charge in [-0.2, -0.15) is 0 Å². The van der Waals surface area contributed by atoms with Gasteiger partial charge in [0.25, 0.3) is 5.24 Å². The summed E-state index contributed by atoms with van der Waals surface area (Å²) in [6.07, 6.45) is 0.0353. The first-order chi connectivity index (χ1) is 11.6. The maximum Gasteiger partial charge on any atom is 0.284 e. The smallest absolute Gasteiger partial charge is 0.284 e. The number of hydrogen-bond acceptors (Lipinski definition) is 7. The number of carbonyl (C=O) groups is 3. The zero-order chi connectivity index (χ0) is 16.9. The number of carbonyl (C=O) groups excluding carboxylic acids is 3. The quantitative estimate of drug-likeness (QED) is 0.700. The number of thioether (sulfide) groups is 2. The zero-order valence-corrected chi connectivity index (χ0v) is 13.9. The first-order valence-corrected chi connectivity index (χ1v) is 8.87. The molecular weight excluding hydrogens is 350 g/mol.